The summed E-state index contributed by atoms with van der Waals surface area (Å²) in [5.74, 6) is 0. The molecule has 3 aromatic rings. The van der Waals surface area contributed by atoms with Crippen molar-refractivity contribution < 1.29 is 5.11 Å². The smallest absolute Gasteiger partial charge is 0.0978 e. The number of aliphatic hydroxyl groups is 1. The second kappa shape index (κ2) is 7.50. The van der Waals surface area contributed by atoms with E-state index in [1.54, 1.807) is 0 Å². The topological polar surface area (TPSA) is 20.2 Å². The molecule has 0 aromatic heterocycles. The standard InChI is InChI=1S/C28H28O/c1-19(2)27-25(18-26(29)22-8-6-5-7-9-22)28(27,23-14-10-20(3)11-15-23)24-16-12-21(4)13-17-24/h5-18,26,29H,1-4H3/b25-18-. The third kappa shape index (κ3) is 3.36. The molecule has 1 aliphatic carbocycles. The highest BCUT2D eigenvalue weighted by molar-refractivity contribution is 5.80. The van der Waals surface area contributed by atoms with Crippen molar-refractivity contribution in [1.82, 2.24) is 0 Å². The summed E-state index contributed by atoms with van der Waals surface area (Å²) in [5, 5.41) is 10.9. The van der Waals surface area contributed by atoms with Crippen molar-refractivity contribution in [2.45, 2.75) is 39.2 Å². The van der Waals surface area contributed by atoms with Crippen LogP contribution in [0.2, 0.25) is 0 Å². The normalized spacial score (nSPS) is 17.3. The molecular weight excluding hydrogens is 352 g/mol. The summed E-state index contributed by atoms with van der Waals surface area (Å²) in [6, 6.07) is 27.5. The quantitative estimate of drug-likeness (QED) is 0.541. The summed E-state index contributed by atoms with van der Waals surface area (Å²) < 4.78 is 0. The summed E-state index contributed by atoms with van der Waals surface area (Å²) in [7, 11) is 0. The van der Waals surface area contributed by atoms with E-state index in [0.717, 1.165) is 5.56 Å². The third-order valence-electron chi connectivity index (χ3n) is 5.92. The molecule has 1 atom stereocenters. The fourth-order valence-electron chi connectivity index (χ4n) is 4.43. The van der Waals surface area contributed by atoms with E-state index in [0.29, 0.717) is 0 Å². The predicted octanol–water partition coefficient (Wildman–Crippen LogP) is 6.60. The molecular formula is C28H28O. The number of hydrogen-bond donors (Lipinski definition) is 1. The van der Waals surface area contributed by atoms with Crippen LogP contribution in [0, 0.1) is 13.8 Å². The fourth-order valence-corrected chi connectivity index (χ4v) is 4.43. The van der Waals surface area contributed by atoms with Crippen molar-refractivity contribution >= 4 is 0 Å². The molecule has 0 saturated heterocycles. The molecule has 3 aromatic carbocycles. The molecule has 1 saturated carbocycles. The minimum Gasteiger partial charge on any atom is -0.384 e. The van der Waals surface area contributed by atoms with Gasteiger partial charge in [-0.3, -0.25) is 0 Å². The highest BCUT2D eigenvalue weighted by Gasteiger charge is 2.57. The van der Waals surface area contributed by atoms with E-state index in [1.807, 2.05) is 36.4 Å². The third-order valence-corrected chi connectivity index (χ3v) is 5.92. The van der Waals surface area contributed by atoms with Crippen LogP contribution in [-0.4, -0.2) is 5.11 Å². The molecule has 29 heavy (non-hydrogen) atoms. The molecule has 0 bridgehead atoms. The van der Waals surface area contributed by atoms with E-state index >= 15 is 0 Å². The zero-order valence-electron chi connectivity index (χ0n) is 17.6. The average molecular weight is 381 g/mol. The van der Waals surface area contributed by atoms with E-state index in [2.05, 4.69) is 76.2 Å². The average Bonchev–Trinajstić information content (AvgIpc) is 3.39. The van der Waals surface area contributed by atoms with Gasteiger partial charge in [-0.1, -0.05) is 95.6 Å². The van der Waals surface area contributed by atoms with Crippen LogP contribution in [0.4, 0.5) is 0 Å². The SMILES string of the molecule is CC(C)=C1/C(=C/C(O)c2ccccc2)C1(c1ccc(C)cc1)c1ccc(C)cc1. The zero-order valence-corrected chi connectivity index (χ0v) is 17.6. The first-order chi connectivity index (χ1) is 13.9. The number of aliphatic hydroxyl groups excluding tert-OH is 1. The molecule has 0 radical (unpaired) electrons. The lowest BCUT2D eigenvalue weighted by Crippen LogP contribution is -2.11. The maximum absolute atomic E-state index is 10.9. The minimum absolute atomic E-state index is 0.282. The maximum Gasteiger partial charge on any atom is 0.0978 e. The predicted molar refractivity (Wildman–Crippen MR) is 121 cm³/mol. The summed E-state index contributed by atoms with van der Waals surface area (Å²) >= 11 is 0. The summed E-state index contributed by atoms with van der Waals surface area (Å²) in [5.41, 5.74) is 9.48. The summed E-state index contributed by atoms with van der Waals surface area (Å²) in [4.78, 5) is 0. The van der Waals surface area contributed by atoms with Gasteiger partial charge in [-0.2, -0.15) is 0 Å². The molecule has 1 N–H and O–H groups in total. The lowest BCUT2D eigenvalue weighted by Gasteiger charge is -2.18. The number of benzene rings is 3. The molecule has 0 amide bonds. The van der Waals surface area contributed by atoms with Crippen LogP contribution >= 0.6 is 0 Å². The van der Waals surface area contributed by atoms with Crippen LogP contribution in [-0.2, 0) is 5.41 Å². The first-order valence-electron chi connectivity index (χ1n) is 10.2. The van der Waals surface area contributed by atoms with Gasteiger partial charge in [0.25, 0.3) is 0 Å². The minimum atomic E-state index is -0.627. The lowest BCUT2D eigenvalue weighted by molar-refractivity contribution is 0.228. The Balaban J connectivity index is 1.92. The van der Waals surface area contributed by atoms with Crippen molar-refractivity contribution in [3.63, 3.8) is 0 Å². The number of allylic oxidation sites excluding steroid dienone is 3. The molecule has 1 nitrogen and oxygen atoms in total. The molecule has 1 heteroatoms. The number of rotatable bonds is 4. The molecule has 146 valence electrons. The van der Waals surface area contributed by atoms with E-state index in [4.69, 9.17) is 0 Å². The van der Waals surface area contributed by atoms with Crippen molar-refractivity contribution in [1.29, 1.82) is 0 Å². The number of aryl methyl sites for hydroxylation is 2. The maximum atomic E-state index is 10.9. The first kappa shape index (κ1) is 19.4. The van der Waals surface area contributed by atoms with Crippen LogP contribution in [0.15, 0.2) is 102 Å². The van der Waals surface area contributed by atoms with E-state index in [-0.39, 0.29) is 5.41 Å². The van der Waals surface area contributed by atoms with Gasteiger partial charge >= 0.3 is 0 Å². The van der Waals surface area contributed by atoms with E-state index < -0.39 is 6.10 Å². The summed E-state index contributed by atoms with van der Waals surface area (Å²) in [6.45, 7) is 8.57. The Morgan fingerprint density at radius 2 is 1.24 bits per heavy atom. The lowest BCUT2D eigenvalue weighted by atomic mass is 9.84. The van der Waals surface area contributed by atoms with Gasteiger partial charge in [-0.05, 0) is 61.6 Å². The number of hydrogen-bond acceptors (Lipinski definition) is 1. The van der Waals surface area contributed by atoms with E-state index in [1.165, 1.54) is 39.0 Å². The zero-order chi connectivity index (χ0) is 20.6. The second-order valence-corrected chi connectivity index (χ2v) is 8.29. The molecule has 0 aliphatic heterocycles. The highest BCUT2D eigenvalue weighted by Crippen LogP contribution is 2.65. The Hall–Kier alpha value is -2.90. The van der Waals surface area contributed by atoms with Gasteiger partial charge in [0.15, 0.2) is 0 Å². The fraction of sp³-hybridized carbons (Fsp3) is 0.214. The van der Waals surface area contributed by atoms with Gasteiger partial charge in [0.1, 0.15) is 0 Å². The Morgan fingerprint density at radius 3 is 1.69 bits per heavy atom. The molecule has 4 rings (SSSR count). The van der Waals surface area contributed by atoms with Gasteiger partial charge in [0.05, 0.1) is 11.5 Å². The van der Waals surface area contributed by atoms with Crippen LogP contribution in [0.1, 0.15) is 47.8 Å². The van der Waals surface area contributed by atoms with E-state index in [9.17, 15) is 5.11 Å². The van der Waals surface area contributed by atoms with Crippen LogP contribution < -0.4 is 0 Å². The molecule has 0 heterocycles. The second-order valence-electron chi connectivity index (χ2n) is 8.29. The van der Waals surface area contributed by atoms with Crippen molar-refractivity contribution in [2.75, 3.05) is 0 Å². The highest BCUT2D eigenvalue weighted by atomic mass is 16.3. The van der Waals surface area contributed by atoms with Gasteiger partial charge < -0.3 is 5.11 Å². The molecule has 1 fully saturated rings. The van der Waals surface area contributed by atoms with Gasteiger partial charge in [-0.15, -0.1) is 0 Å². The Labute approximate surface area is 174 Å². The van der Waals surface area contributed by atoms with Crippen LogP contribution in [0.3, 0.4) is 0 Å². The Kier molecular flexibility index (Phi) is 5.02. The molecule has 1 unspecified atom stereocenters. The van der Waals surface area contributed by atoms with Gasteiger partial charge in [0, 0.05) is 0 Å². The first-order valence-corrected chi connectivity index (χ1v) is 10.2. The summed E-state index contributed by atoms with van der Waals surface area (Å²) in [6.07, 6.45) is 1.41. The largest absolute Gasteiger partial charge is 0.384 e. The van der Waals surface area contributed by atoms with Gasteiger partial charge in [-0.25, -0.2) is 0 Å². The Morgan fingerprint density at radius 1 is 0.759 bits per heavy atom. The van der Waals surface area contributed by atoms with Crippen molar-refractivity contribution in [2.24, 2.45) is 0 Å². The van der Waals surface area contributed by atoms with Crippen LogP contribution in [0.5, 0.6) is 0 Å². The van der Waals surface area contributed by atoms with Gasteiger partial charge in [0.2, 0.25) is 0 Å². The van der Waals surface area contributed by atoms with Crippen molar-refractivity contribution in [3.05, 3.63) is 129 Å². The molecule has 0 spiro atoms. The van der Waals surface area contributed by atoms with Crippen LogP contribution in [0.25, 0.3) is 0 Å². The van der Waals surface area contributed by atoms with Crippen molar-refractivity contribution in [3.8, 4) is 0 Å². The molecule has 1 aliphatic rings. The monoisotopic (exact) mass is 380 g/mol. The Bertz CT molecular complexity index is 1020.